The van der Waals surface area contributed by atoms with Gasteiger partial charge in [-0.2, -0.15) is 0 Å². The molecular weight excluding hydrogens is 330 g/mol. The minimum absolute atomic E-state index is 0.297. The molecule has 0 unspecified atom stereocenters. The quantitative estimate of drug-likeness (QED) is 0.120. The lowest BCUT2D eigenvalue weighted by Gasteiger charge is -2.20. The van der Waals surface area contributed by atoms with Gasteiger partial charge in [0.15, 0.2) is 5.90 Å². The van der Waals surface area contributed by atoms with Gasteiger partial charge in [0.25, 0.3) is 0 Å². The topological polar surface area (TPSA) is 33.1 Å². The highest BCUT2D eigenvalue weighted by molar-refractivity contribution is 5.72. The van der Waals surface area contributed by atoms with E-state index in [1.807, 2.05) is 0 Å². The molecule has 0 heterocycles. The van der Waals surface area contributed by atoms with E-state index in [1.165, 1.54) is 103 Å². The van der Waals surface area contributed by atoms with Gasteiger partial charge < -0.3 is 4.74 Å². The third-order valence-corrected chi connectivity index (χ3v) is 5.58. The van der Waals surface area contributed by atoms with Crippen LogP contribution in [-0.2, 0) is 4.74 Å². The summed E-state index contributed by atoms with van der Waals surface area (Å²) in [6, 6.07) is 0. The fourth-order valence-corrected chi connectivity index (χ4v) is 3.72. The van der Waals surface area contributed by atoms with E-state index in [9.17, 15) is 0 Å². The molecule has 0 bridgehead atoms. The summed E-state index contributed by atoms with van der Waals surface area (Å²) in [5.74, 6) is 0.550. The van der Waals surface area contributed by atoms with Crippen LogP contribution >= 0.6 is 0 Å². The zero-order valence-electron chi connectivity index (χ0n) is 19.1. The Bertz CT molecular complexity index is 287. The molecule has 0 radical (unpaired) electrons. The molecule has 0 aromatic rings. The van der Waals surface area contributed by atoms with Crippen molar-refractivity contribution >= 4 is 5.90 Å². The molecule has 0 aliphatic carbocycles. The van der Waals surface area contributed by atoms with Crippen LogP contribution in [0.3, 0.4) is 0 Å². The highest BCUT2D eigenvalue weighted by Crippen LogP contribution is 2.18. The molecule has 0 rings (SSSR count). The fraction of sp³-hybridized carbons (Fsp3) is 0.960. The van der Waals surface area contributed by atoms with Crippen molar-refractivity contribution in [3.63, 3.8) is 0 Å². The van der Waals surface area contributed by atoms with Crippen LogP contribution in [0.4, 0.5) is 0 Å². The number of unbranched alkanes of at least 4 members (excludes halogenated alkanes) is 14. The van der Waals surface area contributed by atoms with E-state index in [0.29, 0.717) is 12.0 Å². The first-order valence-corrected chi connectivity index (χ1v) is 12.5. The van der Waals surface area contributed by atoms with Gasteiger partial charge in [0.1, 0.15) is 6.10 Å². The Morgan fingerprint density at radius 2 is 0.926 bits per heavy atom. The minimum atomic E-state index is 0.297. The predicted molar refractivity (Wildman–Crippen MR) is 122 cm³/mol. The third-order valence-electron chi connectivity index (χ3n) is 5.58. The molecule has 27 heavy (non-hydrogen) atoms. The molecule has 1 N–H and O–H groups in total. The summed E-state index contributed by atoms with van der Waals surface area (Å²) in [6.07, 6.45) is 25.8. The molecule has 0 amide bonds. The number of hydrogen-bond acceptors (Lipinski definition) is 2. The maximum absolute atomic E-state index is 8.22. The van der Waals surface area contributed by atoms with Gasteiger partial charge in [0, 0.05) is 6.42 Å². The maximum Gasteiger partial charge on any atom is 0.180 e. The lowest BCUT2D eigenvalue weighted by atomic mass is 10.0. The van der Waals surface area contributed by atoms with Gasteiger partial charge in [-0.3, -0.25) is 5.41 Å². The number of ether oxygens (including phenoxy) is 1. The SMILES string of the molecule is CCCCCCCCC(CCCCCCCC)OC(=N)CCCCCCC. The minimum Gasteiger partial charge on any atom is -0.478 e. The average molecular weight is 382 g/mol. The van der Waals surface area contributed by atoms with Crippen LogP contribution in [0.15, 0.2) is 0 Å². The Morgan fingerprint density at radius 1 is 0.556 bits per heavy atom. The van der Waals surface area contributed by atoms with E-state index in [2.05, 4.69) is 20.8 Å². The Kier molecular flexibility index (Phi) is 21.3. The monoisotopic (exact) mass is 381 g/mol. The van der Waals surface area contributed by atoms with Crippen molar-refractivity contribution in [1.82, 2.24) is 0 Å². The molecule has 162 valence electrons. The smallest absolute Gasteiger partial charge is 0.180 e. The molecule has 0 atom stereocenters. The van der Waals surface area contributed by atoms with Gasteiger partial charge >= 0.3 is 0 Å². The summed E-state index contributed by atoms with van der Waals surface area (Å²) >= 11 is 0. The van der Waals surface area contributed by atoms with Crippen LogP contribution in [0.2, 0.25) is 0 Å². The van der Waals surface area contributed by atoms with E-state index in [-0.39, 0.29) is 0 Å². The van der Waals surface area contributed by atoms with Crippen molar-refractivity contribution in [2.24, 2.45) is 0 Å². The first kappa shape index (κ1) is 26.5. The molecule has 0 aliphatic heterocycles. The van der Waals surface area contributed by atoms with E-state index in [4.69, 9.17) is 10.1 Å². The maximum atomic E-state index is 8.22. The highest BCUT2D eigenvalue weighted by atomic mass is 16.5. The summed E-state index contributed by atoms with van der Waals surface area (Å²) in [4.78, 5) is 0. The van der Waals surface area contributed by atoms with E-state index >= 15 is 0 Å². The standard InChI is InChI=1S/C25H51NO/c1-4-7-10-13-16-18-21-24(22-19-17-14-11-8-5-2)27-25(26)23-20-15-12-9-6-3/h24,26H,4-23H2,1-3H3. The molecule has 0 spiro atoms. The normalized spacial score (nSPS) is 11.3. The lowest BCUT2D eigenvalue weighted by Crippen LogP contribution is -2.18. The molecule has 0 aliphatic rings. The molecule has 0 aromatic heterocycles. The van der Waals surface area contributed by atoms with Crippen LogP contribution in [0.1, 0.15) is 149 Å². The third kappa shape index (κ3) is 20.0. The lowest BCUT2D eigenvalue weighted by molar-refractivity contribution is 0.153. The van der Waals surface area contributed by atoms with Crippen molar-refractivity contribution < 1.29 is 4.74 Å². The predicted octanol–water partition coefficient (Wildman–Crippen LogP) is 9.21. The van der Waals surface area contributed by atoms with Gasteiger partial charge in [0.05, 0.1) is 0 Å². The molecule has 2 nitrogen and oxygen atoms in total. The summed E-state index contributed by atoms with van der Waals surface area (Å²) in [5.41, 5.74) is 0. The van der Waals surface area contributed by atoms with Crippen LogP contribution in [0, 0.1) is 5.41 Å². The Hall–Kier alpha value is -0.530. The molecule has 0 aromatic carbocycles. The zero-order chi connectivity index (χ0) is 20.0. The first-order chi connectivity index (χ1) is 13.2. The Labute approximate surface area is 171 Å². The van der Waals surface area contributed by atoms with Crippen LogP contribution < -0.4 is 0 Å². The van der Waals surface area contributed by atoms with Gasteiger partial charge in [-0.1, -0.05) is 111 Å². The van der Waals surface area contributed by atoms with Gasteiger partial charge in [0.2, 0.25) is 0 Å². The van der Waals surface area contributed by atoms with Crippen molar-refractivity contribution in [1.29, 1.82) is 5.41 Å². The highest BCUT2D eigenvalue weighted by Gasteiger charge is 2.12. The molecule has 0 saturated heterocycles. The van der Waals surface area contributed by atoms with E-state index in [0.717, 1.165) is 25.7 Å². The van der Waals surface area contributed by atoms with Crippen LogP contribution in [-0.4, -0.2) is 12.0 Å². The van der Waals surface area contributed by atoms with Crippen molar-refractivity contribution in [3.05, 3.63) is 0 Å². The number of nitrogens with one attached hydrogen (secondary N) is 1. The number of rotatable bonds is 21. The second kappa shape index (κ2) is 21.8. The summed E-state index contributed by atoms with van der Waals surface area (Å²) in [5, 5.41) is 8.22. The van der Waals surface area contributed by atoms with Crippen molar-refractivity contribution in [2.75, 3.05) is 0 Å². The summed E-state index contributed by atoms with van der Waals surface area (Å²) in [7, 11) is 0. The Balaban J connectivity index is 4.00. The molecule has 0 saturated carbocycles. The zero-order valence-corrected chi connectivity index (χ0v) is 19.1. The van der Waals surface area contributed by atoms with E-state index in [1.54, 1.807) is 0 Å². The second-order valence-corrected chi connectivity index (χ2v) is 8.44. The molecular formula is C25H51NO. The van der Waals surface area contributed by atoms with Gasteiger partial charge in [-0.15, -0.1) is 0 Å². The van der Waals surface area contributed by atoms with Crippen molar-refractivity contribution in [3.8, 4) is 0 Å². The fourth-order valence-electron chi connectivity index (χ4n) is 3.72. The first-order valence-electron chi connectivity index (χ1n) is 12.5. The average Bonchev–Trinajstić information content (AvgIpc) is 2.66. The largest absolute Gasteiger partial charge is 0.478 e. The number of hydrogen-bond donors (Lipinski definition) is 1. The summed E-state index contributed by atoms with van der Waals surface area (Å²) < 4.78 is 6.10. The summed E-state index contributed by atoms with van der Waals surface area (Å²) in [6.45, 7) is 6.80. The Morgan fingerprint density at radius 3 is 1.37 bits per heavy atom. The second-order valence-electron chi connectivity index (χ2n) is 8.44. The van der Waals surface area contributed by atoms with Crippen LogP contribution in [0.25, 0.3) is 0 Å². The van der Waals surface area contributed by atoms with Crippen molar-refractivity contribution in [2.45, 2.75) is 155 Å². The molecule has 0 fully saturated rings. The van der Waals surface area contributed by atoms with Gasteiger partial charge in [-0.05, 0) is 32.1 Å². The van der Waals surface area contributed by atoms with Gasteiger partial charge in [-0.25, -0.2) is 0 Å². The molecule has 2 heteroatoms. The van der Waals surface area contributed by atoms with Crippen LogP contribution in [0.5, 0.6) is 0 Å². The van der Waals surface area contributed by atoms with E-state index < -0.39 is 0 Å².